The molecule has 0 bridgehead atoms. The number of rotatable bonds is 4. The van der Waals surface area contributed by atoms with E-state index in [0.717, 1.165) is 44.9 Å². The van der Waals surface area contributed by atoms with Crippen molar-refractivity contribution in [2.75, 3.05) is 13.7 Å². The fourth-order valence-corrected chi connectivity index (χ4v) is 3.20. The number of methoxy groups -OCH3 is 1. The van der Waals surface area contributed by atoms with Gasteiger partial charge in [-0.1, -0.05) is 12.8 Å². The molecule has 18 heavy (non-hydrogen) atoms. The molecular formula is C13H25ClN2O2. The Kier molecular flexibility index (Phi) is 5.89. The molecule has 4 nitrogen and oxygen atoms in total. The molecule has 0 spiro atoms. The molecule has 2 atom stereocenters. The quantitative estimate of drug-likeness (QED) is 0.820. The molecule has 2 aliphatic carbocycles. The minimum absolute atomic E-state index is 0. The van der Waals surface area contributed by atoms with Crippen LogP contribution in [0.4, 0.5) is 0 Å². The minimum atomic E-state index is -0.273. The van der Waals surface area contributed by atoms with Gasteiger partial charge in [-0.05, 0) is 32.1 Å². The van der Waals surface area contributed by atoms with E-state index in [1.807, 2.05) is 0 Å². The van der Waals surface area contributed by atoms with Gasteiger partial charge in [0.05, 0.1) is 11.5 Å². The zero-order chi connectivity index (χ0) is 12.3. The Labute approximate surface area is 115 Å². The summed E-state index contributed by atoms with van der Waals surface area (Å²) in [5, 5.41) is 3.18. The predicted octanol–water partition coefficient (Wildman–Crippen LogP) is 1.61. The van der Waals surface area contributed by atoms with Crippen LogP contribution in [0.15, 0.2) is 0 Å². The first kappa shape index (κ1) is 15.7. The molecule has 0 radical (unpaired) electrons. The van der Waals surface area contributed by atoms with Crippen LogP contribution in [0.5, 0.6) is 0 Å². The number of ether oxygens (including phenoxy) is 1. The molecule has 0 saturated heterocycles. The third kappa shape index (κ3) is 3.16. The molecular weight excluding hydrogens is 252 g/mol. The first-order valence-corrected chi connectivity index (χ1v) is 6.74. The summed E-state index contributed by atoms with van der Waals surface area (Å²) in [6, 6.07) is 0.288. The molecule has 2 rings (SSSR count). The molecule has 2 unspecified atom stereocenters. The van der Waals surface area contributed by atoms with Gasteiger partial charge >= 0.3 is 0 Å². The average Bonchev–Trinajstić information content (AvgIpc) is 2.97. The largest absolute Gasteiger partial charge is 0.381 e. The summed E-state index contributed by atoms with van der Waals surface area (Å²) in [5.41, 5.74) is 5.54. The zero-order valence-electron chi connectivity index (χ0n) is 11.1. The zero-order valence-corrected chi connectivity index (χ0v) is 11.9. The number of carbonyl (C=O) groups excluding carboxylic acids is 1. The number of hydrogen-bond acceptors (Lipinski definition) is 3. The highest BCUT2D eigenvalue weighted by atomic mass is 35.5. The van der Waals surface area contributed by atoms with Gasteiger partial charge in [0.15, 0.2) is 0 Å². The number of amides is 1. The SMILES string of the molecule is COC1CCC(NC(=O)C2(CN)CCCC2)C1.Cl. The van der Waals surface area contributed by atoms with Crippen molar-refractivity contribution in [1.82, 2.24) is 5.32 Å². The molecule has 3 N–H and O–H groups in total. The maximum absolute atomic E-state index is 12.3. The van der Waals surface area contributed by atoms with E-state index in [1.54, 1.807) is 7.11 Å². The van der Waals surface area contributed by atoms with E-state index >= 15 is 0 Å². The number of nitrogens with two attached hydrogens (primary N) is 1. The van der Waals surface area contributed by atoms with Crippen molar-refractivity contribution in [1.29, 1.82) is 0 Å². The number of nitrogens with one attached hydrogen (secondary N) is 1. The van der Waals surface area contributed by atoms with Gasteiger partial charge in [-0.15, -0.1) is 12.4 Å². The summed E-state index contributed by atoms with van der Waals surface area (Å²) in [7, 11) is 1.74. The van der Waals surface area contributed by atoms with E-state index in [1.165, 1.54) is 0 Å². The molecule has 2 fully saturated rings. The second kappa shape index (κ2) is 6.73. The lowest BCUT2D eigenvalue weighted by atomic mass is 9.85. The molecule has 0 heterocycles. The highest BCUT2D eigenvalue weighted by Crippen LogP contribution is 2.37. The summed E-state index contributed by atoms with van der Waals surface area (Å²) in [6.45, 7) is 0.485. The van der Waals surface area contributed by atoms with Gasteiger partial charge in [-0.2, -0.15) is 0 Å². The lowest BCUT2D eigenvalue weighted by Crippen LogP contribution is -2.47. The summed E-state index contributed by atoms with van der Waals surface area (Å²) >= 11 is 0. The second-order valence-corrected chi connectivity index (χ2v) is 5.53. The van der Waals surface area contributed by atoms with E-state index < -0.39 is 0 Å². The molecule has 2 aliphatic rings. The topological polar surface area (TPSA) is 64.3 Å². The van der Waals surface area contributed by atoms with E-state index in [-0.39, 0.29) is 29.8 Å². The van der Waals surface area contributed by atoms with Crippen molar-refractivity contribution < 1.29 is 9.53 Å². The summed E-state index contributed by atoms with van der Waals surface area (Å²) in [4.78, 5) is 12.3. The Morgan fingerprint density at radius 1 is 1.39 bits per heavy atom. The van der Waals surface area contributed by atoms with Gasteiger partial charge in [0.1, 0.15) is 0 Å². The number of hydrogen-bond donors (Lipinski definition) is 2. The maximum Gasteiger partial charge on any atom is 0.227 e. The molecule has 106 valence electrons. The van der Waals surface area contributed by atoms with Crippen LogP contribution in [-0.2, 0) is 9.53 Å². The van der Waals surface area contributed by atoms with Gasteiger partial charge in [0.2, 0.25) is 5.91 Å². The Morgan fingerprint density at radius 3 is 2.56 bits per heavy atom. The van der Waals surface area contributed by atoms with Crippen molar-refractivity contribution in [3.8, 4) is 0 Å². The van der Waals surface area contributed by atoms with Crippen LogP contribution in [0, 0.1) is 5.41 Å². The van der Waals surface area contributed by atoms with Gasteiger partial charge in [0, 0.05) is 19.7 Å². The Balaban J connectivity index is 0.00000162. The number of carbonyl (C=O) groups is 1. The molecule has 0 aromatic heterocycles. The van der Waals surface area contributed by atoms with Crippen molar-refractivity contribution in [3.05, 3.63) is 0 Å². The van der Waals surface area contributed by atoms with Gasteiger partial charge in [-0.25, -0.2) is 0 Å². The van der Waals surface area contributed by atoms with Crippen LogP contribution in [0.1, 0.15) is 44.9 Å². The Bertz CT molecular complexity index is 280. The highest BCUT2D eigenvalue weighted by Gasteiger charge is 2.41. The molecule has 0 aromatic carbocycles. The van der Waals surface area contributed by atoms with E-state index in [9.17, 15) is 4.79 Å². The van der Waals surface area contributed by atoms with Gasteiger partial charge in [-0.3, -0.25) is 4.79 Å². The summed E-state index contributed by atoms with van der Waals surface area (Å²) < 4.78 is 5.32. The van der Waals surface area contributed by atoms with Crippen molar-refractivity contribution >= 4 is 18.3 Å². The molecule has 0 aliphatic heterocycles. The smallest absolute Gasteiger partial charge is 0.227 e. The molecule has 5 heteroatoms. The number of halogens is 1. The lowest BCUT2D eigenvalue weighted by molar-refractivity contribution is -0.131. The van der Waals surface area contributed by atoms with E-state index in [2.05, 4.69) is 5.32 Å². The third-order valence-electron chi connectivity index (χ3n) is 4.49. The normalized spacial score (nSPS) is 29.9. The van der Waals surface area contributed by atoms with Crippen molar-refractivity contribution in [2.24, 2.45) is 11.1 Å². The minimum Gasteiger partial charge on any atom is -0.381 e. The second-order valence-electron chi connectivity index (χ2n) is 5.53. The molecule has 0 aromatic rings. The summed E-state index contributed by atoms with van der Waals surface area (Å²) in [6.07, 6.45) is 7.53. The first-order chi connectivity index (χ1) is 8.20. The fourth-order valence-electron chi connectivity index (χ4n) is 3.20. The van der Waals surface area contributed by atoms with Crippen LogP contribution in [0.2, 0.25) is 0 Å². The summed E-state index contributed by atoms with van der Waals surface area (Å²) in [5.74, 6) is 0.180. The standard InChI is InChI=1S/C13H24N2O2.ClH/c1-17-11-5-4-10(8-11)15-12(16)13(9-14)6-2-3-7-13;/h10-11H,2-9,14H2,1H3,(H,15,16);1H. The first-order valence-electron chi connectivity index (χ1n) is 6.74. The average molecular weight is 277 g/mol. The van der Waals surface area contributed by atoms with Gasteiger partial charge < -0.3 is 15.8 Å². The van der Waals surface area contributed by atoms with Crippen LogP contribution in [-0.4, -0.2) is 31.7 Å². The lowest BCUT2D eigenvalue weighted by Gasteiger charge is -2.27. The third-order valence-corrected chi connectivity index (χ3v) is 4.49. The van der Waals surface area contributed by atoms with Crippen molar-refractivity contribution in [3.63, 3.8) is 0 Å². The molecule has 2 saturated carbocycles. The monoisotopic (exact) mass is 276 g/mol. The van der Waals surface area contributed by atoms with E-state index in [4.69, 9.17) is 10.5 Å². The van der Waals surface area contributed by atoms with Crippen LogP contribution in [0.25, 0.3) is 0 Å². The van der Waals surface area contributed by atoms with Crippen molar-refractivity contribution in [2.45, 2.75) is 57.1 Å². The van der Waals surface area contributed by atoms with Crippen LogP contribution >= 0.6 is 12.4 Å². The highest BCUT2D eigenvalue weighted by molar-refractivity contribution is 5.85. The van der Waals surface area contributed by atoms with Crippen LogP contribution in [0.3, 0.4) is 0 Å². The predicted molar refractivity (Wildman–Crippen MR) is 73.8 cm³/mol. The Hall–Kier alpha value is -0.320. The van der Waals surface area contributed by atoms with Gasteiger partial charge in [0.25, 0.3) is 0 Å². The molecule has 1 amide bonds. The maximum atomic E-state index is 12.3. The van der Waals surface area contributed by atoms with E-state index in [0.29, 0.717) is 12.6 Å². The van der Waals surface area contributed by atoms with Crippen LogP contribution < -0.4 is 11.1 Å². The fraction of sp³-hybridized carbons (Fsp3) is 0.923. The Morgan fingerprint density at radius 2 is 2.06 bits per heavy atom.